The average molecular weight is 623 g/mol. The van der Waals surface area contributed by atoms with Gasteiger partial charge in [0, 0.05) is 61.5 Å². The molecular weight excluding hydrogens is 590 g/mol. The first-order chi connectivity index (χ1) is 21.9. The Morgan fingerprint density at radius 1 is 0.522 bits per heavy atom. The molecule has 8 nitrogen and oxygen atoms in total. The summed E-state index contributed by atoms with van der Waals surface area (Å²) in [4.78, 5) is 31.7. The van der Waals surface area contributed by atoms with Crippen LogP contribution >= 0.6 is 0 Å². The summed E-state index contributed by atoms with van der Waals surface area (Å²) >= 11 is 0. The van der Waals surface area contributed by atoms with Crippen LogP contribution in [0.1, 0.15) is 0 Å². The van der Waals surface area contributed by atoms with E-state index in [0.29, 0.717) is 0 Å². The first kappa shape index (κ1) is 33.0. The highest BCUT2D eigenvalue weighted by Gasteiger charge is 2.08. The molecule has 0 bridgehead atoms. The molecule has 6 aromatic rings. The standard InChI is InChI=1S/2C17H15FN2.C2H2O4/c2*1-20(2)17-5-3-4-16-14(17)10-11-15(19-16)12-6-8-13(18)9-7-12;3-1(4)2(5)6/h2*3-11H,1-2H3;(H,3,4)(H,5,6). The van der Waals surface area contributed by atoms with Crippen LogP contribution in [0, 0.1) is 11.6 Å². The Morgan fingerprint density at radius 3 is 1.17 bits per heavy atom. The number of carbonyl (C=O) groups is 2. The number of aliphatic carboxylic acids is 2. The van der Waals surface area contributed by atoms with Gasteiger partial charge < -0.3 is 20.0 Å². The Kier molecular flexibility index (Phi) is 10.6. The fourth-order valence-electron chi connectivity index (χ4n) is 4.62. The molecule has 0 aliphatic carbocycles. The van der Waals surface area contributed by atoms with Crippen molar-refractivity contribution in [1.82, 2.24) is 9.97 Å². The predicted octanol–water partition coefficient (Wildman–Crippen LogP) is 7.37. The second kappa shape index (κ2) is 14.7. The van der Waals surface area contributed by atoms with Gasteiger partial charge in [-0.2, -0.15) is 0 Å². The molecule has 6 rings (SSSR count). The first-order valence-electron chi connectivity index (χ1n) is 14.1. The van der Waals surface area contributed by atoms with Crippen LogP contribution in [0.4, 0.5) is 20.2 Å². The molecule has 0 radical (unpaired) electrons. The lowest BCUT2D eigenvalue weighted by Gasteiger charge is -2.15. The maximum atomic E-state index is 13.0. The van der Waals surface area contributed by atoms with Gasteiger partial charge in [0.15, 0.2) is 0 Å². The molecule has 10 heteroatoms. The third-order valence-corrected chi connectivity index (χ3v) is 6.84. The van der Waals surface area contributed by atoms with Crippen LogP contribution in [0.2, 0.25) is 0 Å². The molecule has 0 aliphatic heterocycles. The van der Waals surface area contributed by atoms with Gasteiger partial charge in [0.2, 0.25) is 0 Å². The van der Waals surface area contributed by atoms with Gasteiger partial charge in [-0.3, -0.25) is 0 Å². The van der Waals surface area contributed by atoms with E-state index in [2.05, 4.69) is 44.0 Å². The van der Waals surface area contributed by atoms with Gasteiger partial charge in [-0.1, -0.05) is 12.1 Å². The zero-order valence-electron chi connectivity index (χ0n) is 25.6. The van der Waals surface area contributed by atoms with Crippen molar-refractivity contribution in [2.24, 2.45) is 0 Å². The molecule has 46 heavy (non-hydrogen) atoms. The van der Waals surface area contributed by atoms with Crippen LogP contribution in [0.25, 0.3) is 44.3 Å². The van der Waals surface area contributed by atoms with E-state index in [-0.39, 0.29) is 11.6 Å². The number of anilines is 2. The highest BCUT2D eigenvalue weighted by Crippen LogP contribution is 2.28. The van der Waals surface area contributed by atoms with E-state index in [9.17, 15) is 8.78 Å². The maximum absolute atomic E-state index is 13.0. The van der Waals surface area contributed by atoms with E-state index in [4.69, 9.17) is 19.8 Å². The lowest BCUT2D eigenvalue weighted by molar-refractivity contribution is -0.159. The number of benzene rings is 4. The van der Waals surface area contributed by atoms with E-state index in [1.54, 1.807) is 24.3 Å². The van der Waals surface area contributed by atoms with Crippen molar-refractivity contribution in [2.75, 3.05) is 38.0 Å². The van der Waals surface area contributed by atoms with E-state index in [1.807, 2.05) is 64.6 Å². The number of fused-ring (bicyclic) bond motifs is 2. The molecule has 0 saturated carbocycles. The molecule has 234 valence electrons. The maximum Gasteiger partial charge on any atom is 0.414 e. The summed E-state index contributed by atoms with van der Waals surface area (Å²) in [5.74, 6) is -4.11. The smallest absolute Gasteiger partial charge is 0.414 e. The number of hydrogen-bond acceptors (Lipinski definition) is 6. The summed E-state index contributed by atoms with van der Waals surface area (Å²) in [5, 5.41) is 17.0. The lowest BCUT2D eigenvalue weighted by atomic mass is 10.1. The molecular formula is C36H32F2N4O4. The lowest BCUT2D eigenvalue weighted by Crippen LogP contribution is -2.09. The minimum Gasteiger partial charge on any atom is -0.473 e. The van der Waals surface area contributed by atoms with Gasteiger partial charge in [-0.15, -0.1) is 0 Å². The van der Waals surface area contributed by atoms with Gasteiger partial charge in [0.05, 0.1) is 22.4 Å². The Hall–Kier alpha value is -5.90. The molecule has 0 aliphatic rings. The number of halogens is 2. The van der Waals surface area contributed by atoms with E-state index in [1.165, 1.54) is 24.3 Å². The van der Waals surface area contributed by atoms with E-state index >= 15 is 0 Å². The zero-order chi connectivity index (χ0) is 33.4. The Balaban J connectivity index is 0.000000178. The van der Waals surface area contributed by atoms with Crippen LogP contribution < -0.4 is 9.80 Å². The molecule has 0 amide bonds. The monoisotopic (exact) mass is 622 g/mol. The van der Waals surface area contributed by atoms with Crippen molar-refractivity contribution in [2.45, 2.75) is 0 Å². The van der Waals surface area contributed by atoms with Crippen molar-refractivity contribution < 1.29 is 28.6 Å². The summed E-state index contributed by atoms with van der Waals surface area (Å²) < 4.78 is 25.9. The molecule has 2 N–H and O–H groups in total. The van der Waals surface area contributed by atoms with Gasteiger partial charge in [-0.05, 0) is 97.1 Å². The number of hydrogen-bond donors (Lipinski definition) is 2. The first-order valence-corrected chi connectivity index (χ1v) is 14.1. The van der Waals surface area contributed by atoms with Gasteiger partial charge >= 0.3 is 11.9 Å². The topological polar surface area (TPSA) is 107 Å². The van der Waals surface area contributed by atoms with Crippen LogP contribution in [0.5, 0.6) is 0 Å². The number of carboxylic acid groups (broad SMARTS) is 2. The van der Waals surface area contributed by atoms with Crippen LogP contribution in [0.3, 0.4) is 0 Å². The van der Waals surface area contributed by atoms with Crippen LogP contribution in [0.15, 0.2) is 109 Å². The van der Waals surface area contributed by atoms with Crippen molar-refractivity contribution in [3.05, 3.63) is 121 Å². The van der Waals surface area contributed by atoms with E-state index in [0.717, 1.165) is 55.7 Å². The molecule has 4 aromatic carbocycles. The second-order valence-electron chi connectivity index (χ2n) is 10.5. The largest absolute Gasteiger partial charge is 0.473 e. The van der Waals surface area contributed by atoms with Crippen molar-refractivity contribution >= 4 is 45.1 Å². The summed E-state index contributed by atoms with van der Waals surface area (Å²) in [6.07, 6.45) is 0. The molecule has 0 atom stereocenters. The normalized spacial score (nSPS) is 10.3. The zero-order valence-corrected chi connectivity index (χ0v) is 25.6. The van der Waals surface area contributed by atoms with E-state index < -0.39 is 11.9 Å². The Labute approximate surface area is 264 Å². The number of pyridine rings is 2. The van der Waals surface area contributed by atoms with Crippen LogP contribution in [-0.4, -0.2) is 60.3 Å². The number of rotatable bonds is 4. The SMILES string of the molecule is CN(C)c1cccc2nc(-c3ccc(F)cc3)ccc12.CN(C)c1cccc2nc(-c3ccc(F)cc3)ccc12.O=C(O)C(=O)O. The highest BCUT2D eigenvalue weighted by molar-refractivity contribution is 6.27. The number of nitrogens with zero attached hydrogens (tertiary/aromatic N) is 4. The Bertz CT molecular complexity index is 1840. The predicted molar refractivity (Wildman–Crippen MR) is 178 cm³/mol. The van der Waals surface area contributed by atoms with Gasteiger partial charge in [-0.25, -0.2) is 28.3 Å². The molecule has 0 saturated heterocycles. The molecule has 2 heterocycles. The average Bonchev–Trinajstić information content (AvgIpc) is 3.04. The van der Waals surface area contributed by atoms with Crippen molar-refractivity contribution in [3.8, 4) is 22.5 Å². The fraction of sp³-hybridized carbons (Fsp3) is 0.111. The third-order valence-electron chi connectivity index (χ3n) is 6.84. The molecule has 0 unspecified atom stereocenters. The second-order valence-corrected chi connectivity index (χ2v) is 10.5. The highest BCUT2D eigenvalue weighted by atomic mass is 19.1. The van der Waals surface area contributed by atoms with Gasteiger partial charge in [0.25, 0.3) is 0 Å². The summed E-state index contributed by atoms with van der Waals surface area (Å²) in [7, 11) is 8.07. The van der Waals surface area contributed by atoms with Crippen LogP contribution in [-0.2, 0) is 9.59 Å². The summed E-state index contributed by atoms with van der Waals surface area (Å²) in [6.45, 7) is 0. The minimum absolute atomic E-state index is 0.232. The summed E-state index contributed by atoms with van der Waals surface area (Å²) in [6, 6.07) is 33.0. The van der Waals surface area contributed by atoms with Gasteiger partial charge in [0.1, 0.15) is 11.6 Å². The Morgan fingerprint density at radius 2 is 0.870 bits per heavy atom. The fourth-order valence-corrected chi connectivity index (χ4v) is 4.62. The number of aromatic nitrogens is 2. The molecule has 2 aromatic heterocycles. The quantitative estimate of drug-likeness (QED) is 0.196. The molecule has 0 spiro atoms. The van der Waals surface area contributed by atoms with Crippen molar-refractivity contribution in [1.29, 1.82) is 0 Å². The third kappa shape index (κ3) is 8.17. The molecule has 0 fully saturated rings. The van der Waals surface area contributed by atoms with Crippen molar-refractivity contribution in [3.63, 3.8) is 0 Å². The summed E-state index contributed by atoms with van der Waals surface area (Å²) in [5.41, 5.74) is 7.71. The minimum atomic E-state index is -1.82. The number of carboxylic acids is 2.